The van der Waals surface area contributed by atoms with Crippen LogP contribution in [0.5, 0.6) is 0 Å². The van der Waals surface area contributed by atoms with E-state index >= 15 is 0 Å². The molecule has 2 heterocycles. The Balaban J connectivity index is 1.99. The van der Waals surface area contributed by atoms with Crippen molar-refractivity contribution in [2.75, 3.05) is 5.32 Å². The van der Waals surface area contributed by atoms with Crippen LogP contribution in [0.2, 0.25) is 5.15 Å². The summed E-state index contributed by atoms with van der Waals surface area (Å²) in [6, 6.07) is 11.7. The molecule has 0 saturated heterocycles. The Kier molecular flexibility index (Phi) is 2.53. The molecule has 83 valence electrons. The smallest absolute Gasteiger partial charge is 0.139 e. The molecular formula is C13H9ClN3. The quantitative estimate of drug-likeness (QED) is 0.781. The molecule has 17 heavy (non-hydrogen) atoms. The minimum absolute atomic E-state index is 0.450. The molecule has 3 rings (SSSR count). The van der Waals surface area contributed by atoms with Crippen molar-refractivity contribution in [1.29, 1.82) is 0 Å². The highest BCUT2D eigenvalue weighted by Gasteiger charge is 2.15. The molecule has 0 spiro atoms. The van der Waals surface area contributed by atoms with Gasteiger partial charge in [-0.25, -0.2) is 4.98 Å². The van der Waals surface area contributed by atoms with E-state index in [1.165, 1.54) is 0 Å². The molecular weight excluding hydrogens is 234 g/mol. The van der Waals surface area contributed by atoms with Crippen LogP contribution in [-0.2, 0) is 0 Å². The Morgan fingerprint density at radius 2 is 1.94 bits per heavy atom. The zero-order valence-electron chi connectivity index (χ0n) is 8.89. The summed E-state index contributed by atoms with van der Waals surface area (Å²) in [5.41, 5.74) is 2.90. The van der Waals surface area contributed by atoms with Crippen molar-refractivity contribution >= 4 is 23.1 Å². The Bertz CT molecular complexity index is 593. The van der Waals surface area contributed by atoms with Crippen molar-refractivity contribution in [2.24, 2.45) is 4.99 Å². The fourth-order valence-electron chi connectivity index (χ4n) is 1.72. The van der Waals surface area contributed by atoms with E-state index in [1.54, 1.807) is 6.20 Å². The SMILES string of the molecule is Clc1ncccc1C1=N[CH]c2ccccc2N1. The lowest BCUT2D eigenvalue weighted by molar-refractivity contribution is 1.26. The van der Waals surface area contributed by atoms with E-state index < -0.39 is 0 Å². The average Bonchev–Trinajstić information content (AvgIpc) is 2.39. The molecule has 2 aromatic rings. The zero-order chi connectivity index (χ0) is 11.7. The van der Waals surface area contributed by atoms with Crippen LogP contribution in [0.15, 0.2) is 47.6 Å². The normalized spacial score (nSPS) is 13.6. The number of halogens is 1. The van der Waals surface area contributed by atoms with Crippen molar-refractivity contribution in [3.05, 3.63) is 65.4 Å². The molecule has 1 aliphatic heterocycles. The molecule has 0 saturated carbocycles. The number of amidine groups is 1. The van der Waals surface area contributed by atoms with E-state index in [0.29, 0.717) is 5.15 Å². The fraction of sp³-hybridized carbons (Fsp3) is 0. The molecule has 4 heteroatoms. The summed E-state index contributed by atoms with van der Waals surface area (Å²) in [6.07, 6.45) is 1.66. The molecule has 0 bridgehead atoms. The fourth-order valence-corrected chi connectivity index (χ4v) is 1.93. The maximum absolute atomic E-state index is 6.04. The molecule has 0 unspecified atom stereocenters. The number of hydrogen-bond donors (Lipinski definition) is 1. The van der Waals surface area contributed by atoms with Gasteiger partial charge in [0.15, 0.2) is 0 Å². The van der Waals surface area contributed by atoms with Crippen molar-refractivity contribution in [2.45, 2.75) is 0 Å². The second-order valence-corrected chi connectivity index (χ2v) is 4.02. The van der Waals surface area contributed by atoms with Crippen LogP contribution >= 0.6 is 11.6 Å². The summed E-state index contributed by atoms with van der Waals surface area (Å²) in [5.74, 6) is 0.724. The van der Waals surface area contributed by atoms with E-state index in [9.17, 15) is 0 Å². The van der Waals surface area contributed by atoms with Gasteiger partial charge in [-0.1, -0.05) is 29.8 Å². The summed E-state index contributed by atoms with van der Waals surface area (Å²) in [7, 11) is 0. The van der Waals surface area contributed by atoms with Gasteiger partial charge in [-0.05, 0) is 18.2 Å². The monoisotopic (exact) mass is 242 g/mol. The van der Waals surface area contributed by atoms with Crippen molar-refractivity contribution in [3.8, 4) is 0 Å². The summed E-state index contributed by atoms with van der Waals surface area (Å²) < 4.78 is 0. The van der Waals surface area contributed by atoms with Gasteiger partial charge in [-0.3, -0.25) is 4.99 Å². The largest absolute Gasteiger partial charge is 0.340 e. The van der Waals surface area contributed by atoms with Crippen LogP contribution in [-0.4, -0.2) is 10.8 Å². The maximum Gasteiger partial charge on any atom is 0.139 e. The Hall–Kier alpha value is -1.87. The molecule has 3 nitrogen and oxygen atoms in total. The summed E-state index contributed by atoms with van der Waals surface area (Å²) in [6.45, 7) is 1.82. The number of anilines is 1. The number of pyridine rings is 1. The Morgan fingerprint density at radius 3 is 2.82 bits per heavy atom. The maximum atomic E-state index is 6.04. The molecule has 1 aromatic carbocycles. The van der Waals surface area contributed by atoms with Crippen molar-refractivity contribution in [3.63, 3.8) is 0 Å². The third-order valence-corrected chi connectivity index (χ3v) is 2.86. The van der Waals surface area contributed by atoms with Crippen LogP contribution in [0.1, 0.15) is 11.1 Å². The number of rotatable bonds is 1. The second-order valence-electron chi connectivity index (χ2n) is 3.66. The van der Waals surface area contributed by atoms with Gasteiger partial charge in [-0.15, -0.1) is 0 Å². The minimum atomic E-state index is 0.450. The lowest BCUT2D eigenvalue weighted by atomic mass is 10.1. The predicted octanol–water partition coefficient (Wildman–Crippen LogP) is 3.12. The van der Waals surface area contributed by atoms with Gasteiger partial charge in [0.05, 0.1) is 5.56 Å². The number of aromatic nitrogens is 1. The standard InChI is InChI=1S/C13H9ClN3/c14-12-10(5-3-7-15-12)13-16-8-9-4-1-2-6-11(9)17-13/h1-8H,(H,16,17). The van der Waals surface area contributed by atoms with Crippen LogP contribution in [0.25, 0.3) is 0 Å². The lowest BCUT2D eigenvalue weighted by Gasteiger charge is -2.18. The summed E-state index contributed by atoms with van der Waals surface area (Å²) in [4.78, 5) is 8.40. The van der Waals surface area contributed by atoms with Crippen molar-refractivity contribution < 1.29 is 0 Å². The number of benzene rings is 1. The highest BCUT2D eigenvalue weighted by molar-refractivity contribution is 6.33. The van der Waals surface area contributed by atoms with Crippen molar-refractivity contribution in [1.82, 2.24) is 4.98 Å². The average molecular weight is 243 g/mol. The molecule has 0 fully saturated rings. The van der Waals surface area contributed by atoms with Gasteiger partial charge in [0, 0.05) is 17.4 Å². The van der Waals surface area contributed by atoms with E-state index in [1.807, 2.05) is 42.9 Å². The third-order valence-electron chi connectivity index (χ3n) is 2.56. The zero-order valence-corrected chi connectivity index (χ0v) is 9.65. The number of aliphatic imine (C=N–C) groups is 1. The molecule has 0 amide bonds. The highest BCUT2D eigenvalue weighted by Crippen LogP contribution is 2.24. The van der Waals surface area contributed by atoms with Gasteiger partial charge in [-0.2, -0.15) is 0 Å². The number of fused-ring (bicyclic) bond motifs is 1. The molecule has 0 aliphatic carbocycles. The summed E-state index contributed by atoms with van der Waals surface area (Å²) in [5, 5.41) is 3.70. The first-order chi connectivity index (χ1) is 8.34. The first-order valence-electron chi connectivity index (χ1n) is 5.22. The first kappa shape index (κ1) is 10.3. The van der Waals surface area contributed by atoms with Crippen LogP contribution in [0.4, 0.5) is 5.69 Å². The lowest BCUT2D eigenvalue weighted by Crippen LogP contribution is -2.18. The van der Waals surface area contributed by atoms with Crippen LogP contribution in [0.3, 0.4) is 0 Å². The molecule has 1 aliphatic rings. The summed E-state index contributed by atoms with van der Waals surface area (Å²) >= 11 is 6.04. The number of nitrogens with one attached hydrogen (secondary N) is 1. The van der Waals surface area contributed by atoms with Crippen LogP contribution in [0, 0.1) is 6.54 Å². The van der Waals surface area contributed by atoms with Gasteiger partial charge >= 0.3 is 0 Å². The van der Waals surface area contributed by atoms with Gasteiger partial charge in [0.1, 0.15) is 17.5 Å². The van der Waals surface area contributed by atoms with E-state index in [4.69, 9.17) is 11.6 Å². The second kappa shape index (κ2) is 4.18. The Morgan fingerprint density at radius 1 is 1.06 bits per heavy atom. The van der Waals surface area contributed by atoms with Gasteiger partial charge in [0.25, 0.3) is 0 Å². The third kappa shape index (κ3) is 1.89. The molecule has 1 aromatic heterocycles. The van der Waals surface area contributed by atoms with Crippen LogP contribution < -0.4 is 5.32 Å². The molecule has 0 atom stereocenters. The number of hydrogen-bond acceptors (Lipinski definition) is 3. The van der Waals surface area contributed by atoms with E-state index in [-0.39, 0.29) is 0 Å². The topological polar surface area (TPSA) is 37.3 Å². The van der Waals surface area contributed by atoms with Gasteiger partial charge in [0.2, 0.25) is 0 Å². The molecule has 1 N–H and O–H groups in total. The number of nitrogens with zero attached hydrogens (tertiary/aromatic N) is 2. The first-order valence-corrected chi connectivity index (χ1v) is 5.60. The van der Waals surface area contributed by atoms with E-state index in [2.05, 4.69) is 15.3 Å². The van der Waals surface area contributed by atoms with E-state index in [0.717, 1.165) is 22.6 Å². The molecule has 1 radical (unpaired) electrons. The predicted molar refractivity (Wildman–Crippen MR) is 69.3 cm³/mol. The highest BCUT2D eigenvalue weighted by atomic mass is 35.5. The van der Waals surface area contributed by atoms with Gasteiger partial charge < -0.3 is 5.32 Å². The minimum Gasteiger partial charge on any atom is -0.340 e. The number of para-hydroxylation sites is 1. The Labute approximate surface area is 104 Å².